The lowest BCUT2D eigenvalue weighted by molar-refractivity contribution is -0.465. The molecule has 0 bridgehead atoms. The van der Waals surface area contributed by atoms with Gasteiger partial charge in [0, 0.05) is 11.5 Å². The van der Waals surface area contributed by atoms with Crippen LogP contribution in [0, 0.1) is 5.92 Å². The van der Waals surface area contributed by atoms with Crippen LogP contribution < -0.4 is 4.74 Å². The van der Waals surface area contributed by atoms with Gasteiger partial charge in [0.25, 0.3) is 0 Å². The van der Waals surface area contributed by atoms with Crippen LogP contribution in [-0.2, 0) is 36.3 Å². The minimum atomic E-state index is -5.61. The van der Waals surface area contributed by atoms with Crippen molar-refractivity contribution in [3.8, 4) is 5.75 Å². The zero-order valence-electron chi connectivity index (χ0n) is 20.8. The van der Waals surface area contributed by atoms with Crippen molar-refractivity contribution in [1.82, 2.24) is 0 Å². The van der Waals surface area contributed by atoms with Crippen LogP contribution in [-0.4, -0.2) is 30.6 Å². The quantitative estimate of drug-likeness (QED) is 0.251. The smallest absolute Gasteiger partial charge is 0.405 e. The van der Waals surface area contributed by atoms with Crippen molar-refractivity contribution in [3.63, 3.8) is 0 Å². The maximum Gasteiger partial charge on any atom is 0.405 e. The fourth-order valence-electron chi connectivity index (χ4n) is 3.86. The normalized spacial score (nSPS) is 21.8. The Hall–Kier alpha value is -2.50. The second kappa shape index (κ2) is 10.3. The summed E-state index contributed by atoms with van der Waals surface area (Å²) in [6.45, 7) is 6.85. The van der Waals surface area contributed by atoms with E-state index in [9.17, 15) is 17.2 Å². The first-order valence-corrected chi connectivity index (χ1v) is 14.4. The molecule has 0 spiro atoms. The summed E-state index contributed by atoms with van der Waals surface area (Å²) in [6, 6.07) is 24.4. The van der Waals surface area contributed by atoms with Gasteiger partial charge in [-0.25, -0.2) is 0 Å². The van der Waals surface area contributed by atoms with E-state index in [0.29, 0.717) is 0 Å². The third kappa shape index (κ3) is 5.68. The van der Waals surface area contributed by atoms with Gasteiger partial charge in [0.15, 0.2) is 32.9 Å². The van der Waals surface area contributed by atoms with Crippen LogP contribution in [0.1, 0.15) is 33.3 Å². The molecule has 0 saturated carbocycles. The van der Waals surface area contributed by atoms with Crippen molar-refractivity contribution in [1.29, 1.82) is 0 Å². The Labute approximate surface area is 218 Å². The van der Waals surface area contributed by atoms with Crippen LogP contribution in [0.3, 0.4) is 0 Å². The van der Waals surface area contributed by atoms with Crippen LogP contribution in [0.2, 0.25) is 0 Å². The topological polar surface area (TPSA) is 82.1 Å². The first kappa shape index (κ1) is 27.5. The molecular weight excluding hydrogens is 522 g/mol. The van der Waals surface area contributed by atoms with Crippen LogP contribution in [0.4, 0.5) is 8.78 Å². The van der Waals surface area contributed by atoms with Gasteiger partial charge in [-0.05, 0) is 74.5 Å². The molecule has 4 rings (SSSR count). The van der Waals surface area contributed by atoms with E-state index in [0.717, 1.165) is 27.2 Å². The van der Waals surface area contributed by atoms with Crippen molar-refractivity contribution in [2.24, 2.45) is 5.92 Å². The Balaban J connectivity index is 1.59. The third-order valence-corrected chi connectivity index (χ3v) is 9.26. The van der Waals surface area contributed by atoms with Crippen LogP contribution in [0.15, 0.2) is 93.5 Å². The van der Waals surface area contributed by atoms with Crippen molar-refractivity contribution in [2.75, 3.05) is 0 Å². The highest BCUT2D eigenvalue weighted by atomic mass is 32.2. The largest absolute Gasteiger partial charge is 0.483 e. The van der Waals surface area contributed by atoms with E-state index < -0.39 is 38.2 Å². The standard InChI is InChI=1S/C27H28F2O6S2/c1-18(2)25-34-26(4,35-25)20-10-14-23(15-11-20)36(22-8-6-5-7-9-22)24-16-12-21(13-17-24)33-19(3)27(28,29)37(30,31)32/h5-19,25H,1-4H3/p+1. The van der Waals surface area contributed by atoms with Crippen molar-refractivity contribution < 1.29 is 36.0 Å². The molecule has 6 nitrogen and oxygen atoms in total. The van der Waals surface area contributed by atoms with E-state index in [4.69, 9.17) is 18.8 Å². The maximum atomic E-state index is 13.9. The molecule has 1 saturated heterocycles. The number of hydrogen-bond donors (Lipinski definition) is 1. The first-order valence-electron chi connectivity index (χ1n) is 11.7. The molecule has 0 aliphatic carbocycles. The minimum absolute atomic E-state index is 0.0541. The molecule has 3 aromatic rings. The summed E-state index contributed by atoms with van der Waals surface area (Å²) in [6.07, 6.45) is -2.31. The molecule has 1 aliphatic heterocycles. The van der Waals surface area contributed by atoms with E-state index in [-0.39, 0.29) is 18.0 Å². The predicted molar refractivity (Wildman–Crippen MR) is 136 cm³/mol. The molecule has 1 aliphatic rings. The van der Waals surface area contributed by atoms with Gasteiger partial charge in [0.1, 0.15) is 5.75 Å². The van der Waals surface area contributed by atoms with Gasteiger partial charge in [-0.15, -0.1) is 0 Å². The molecule has 0 radical (unpaired) electrons. The van der Waals surface area contributed by atoms with Crippen molar-refractivity contribution >= 4 is 21.0 Å². The van der Waals surface area contributed by atoms with Crippen molar-refractivity contribution in [3.05, 3.63) is 84.4 Å². The van der Waals surface area contributed by atoms with E-state index in [1.165, 1.54) is 12.1 Å². The molecule has 2 unspecified atom stereocenters. The molecule has 1 N–H and O–H groups in total. The van der Waals surface area contributed by atoms with E-state index >= 15 is 0 Å². The highest BCUT2D eigenvalue weighted by Crippen LogP contribution is 2.42. The Morgan fingerprint density at radius 2 is 1.38 bits per heavy atom. The Kier molecular flexibility index (Phi) is 7.69. The fraction of sp³-hybridized carbons (Fsp3) is 0.333. The van der Waals surface area contributed by atoms with Gasteiger partial charge in [-0.3, -0.25) is 4.55 Å². The van der Waals surface area contributed by atoms with Crippen LogP contribution in [0.25, 0.3) is 0 Å². The average molecular weight is 552 g/mol. The van der Waals surface area contributed by atoms with Crippen LogP contribution >= 0.6 is 0 Å². The molecule has 0 amide bonds. The maximum absolute atomic E-state index is 13.9. The summed E-state index contributed by atoms with van der Waals surface area (Å²) < 4.78 is 75.7. The predicted octanol–water partition coefficient (Wildman–Crippen LogP) is 6.23. The zero-order chi connectivity index (χ0) is 27.0. The summed E-state index contributed by atoms with van der Waals surface area (Å²) in [4.78, 5) is 2.98. The van der Waals surface area contributed by atoms with Gasteiger partial charge in [-0.1, -0.05) is 32.0 Å². The van der Waals surface area contributed by atoms with Gasteiger partial charge in [-0.2, -0.15) is 17.2 Å². The Bertz CT molecular complexity index is 1310. The molecule has 198 valence electrons. The lowest BCUT2D eigenvalue weighted by Gasteiger charge is -2.47. The summed E-state index contributed by atoms with van der Waals surface area (Å²) in [5.74, 6) is -0.484. The first-order chi connectivity index (χ1) is 17.3. The minimum Gasteiger partial charge on any atom is -0.483 e. The monoisotopic (exact) mass is 551 g/mol. The van der Waals surface area contributed by atoms with E-state index in [2.05, 4.69) is 0 Å². The molecule has 37 heavy (non-hydrogen) atoms. The summed E-state index contributed by atoms with van der Waals surface area (Å²) in [5.41, 5.74) is 0.905. The SMILES string of the molecule is CC(C)C1OC(C)(c2ccc([S+](c3ccccc3)c3ccc(OC(C)C(F)(F)S(=O)(=O)O)cc3)cc2)O1. The molecule has 1 heterocycles. The van der Waals surface area contributed by atoms with Crippen molar-refractivity contribution in [2.45, 2.75) is 65.8 Å². The number of halogens is 2. The molecule has 3 aromatic carbocycles. The Morgan fingerprint density at radius 3 is 1.86 bits per heavy atom. The second-order valence-electron chi connectivity index (χ2n) is 9.21. The van der Waals surface area contributed by atoms with Gasteiger partial charge in [0.2, 0.25) is 0 Å². The van der Waals surface area contributed by atoms with Gasteiger partial charge < -0.3 is 14.2 Å². The van der Waals surface area contributed by atoms with Gasteiger partial charge in [0.05, 0.1) is 10.9 Å². The summed E-state index contributed by atoms with van der Waals surface area (Å²) >= 11 is 0. The Morgan fingerprint density at radius 1 is 0.892 bits per heavy atom. The number of benzene rings is 3. The molecule has 0 aromatic heterocycles. The lowest BCUT2D eigenvalue weighted by atomic mass is 10.0. The van der Waals surface area contributed by atoms with Gasteiger partial charge >= 0.3 is 15.4 Å². The average Bonchev–Trinajstić information content (AvgIpc) is 2.83. The number of rotatable bonds is 9. The highest BCUT2D eigenvalue weighted by molar-refractivity contribution is 7.97. The third-order valence-electron chi connectivity index (χ3n) is 6.01. The molecule has 1 fully saturated rings. The lowest BCUT2D eigenvalue weighted by Crippen LogP contribution is -2.51. The highest BCUT2D eigenvalue weighted by Gasteiger charge is 2.51. The fourth-order valence-corrected chi connectivity index (χ4v) is 6.39. The van der Waals surface area contributed by atoms with E-state index in [1.807, 2.05) is 75.4 Å². The second-order valence-corrected chi connectivity index (χ2v) is 12.7. The number of ether oxygens (including phenoxy) is 3. The number of hydrogen-bond acceptors (Lipinski definition) is 5. The molecule has 10 heteroatoms. The van der Waals surface area contributed by atoms with E-state index in [1.54, 1.807) is 12.1 Å². The van der Waals surface area contributed by atoms with Crippen LogP contribution in [0.5, 0.6) is 5.75 Å². The summed E-state index contributed by atoms with van der Waals surface area (Å²) in [5, 5.41) is -4.44. The number of alkyl halides is 2. The zero-order valence-corrected chi connectivity index (χ0v) is 22.4. The summed E-state index contributed by atoms with van der Waals surface area (Å²) in [7, 11) is -6.13. The molecule has 2 atom stereocenters. The molecular formula is C27H29F2O6S2+.